The number of hydrogen-bond donors (Lipinski definition) is 0. The summed E-state index contributed by atoms with van der Waals surface area (Å²) in [5, 5.41) is 1.33. The Hall–Kier alpha value is -3.00. The van der Waals surface area contributed by atoms with Crippen LogP contribution in [-0.4, -0.2) is 11.3 Å². The lowest BCUT2D eigenvalue weighted by atomic mass is 9.40. The summed E-state index contributed by atoms with van der Waals surface area (Å²) in [6, 6.07) is 19.8. The van der Waals surface area contributed by atoms with Gasteiger partial charge in [-0.2, -0.15) is 0 Å². The van der Waals surface area contributed by atoms with Crippen LogP contribution in [0.1, 0.15) is 52.3 Å². The standard InChI is InChI=1S/C33H38BN/c1-7-8-13-28-21-30-29(16-12-17-31(30)35(28)27-14-10-9-11-15-27)25-18-24(2)19-26(20-25)34-22-32(3,4)33(5,6)23-34/h7-17,19-21,24H,1,18,22-23H2,2-6H3/b13-8-. The Morgan fingerprint density at radius 3 is 2.37 bits per heavy atom. The summed E-state index contributed by atoms with van der Waals surface area (Å²) in [7, 11) is 0. The fraction of sp³-hybridized carbons (Fsp3) is 0.333. The van der Waals surface area contributed by atoms with E-state index in [4.69, 9.17) is 0 Å². The molecule has 1 fully saturated rings. The van der Waals surface area contributed by atoms with Crippen LogP contribution in [0.5, 0.6) is 0 Å². The maximum absolute atomic E-state index is 3.89. The van der Waals surface area contributed by atoms with Crippen molar-refractivity contribution in [2.75, 3.05) is 0 Å². The van der Waals surface area contributed by atoms with Gasteiger partial charge in [-0.05, 0) is 64.6 Å². The van der Waals surface area contributed by atoms with E-state index in [1.807, 2.05) is 12.2 Å². The molecule has 2 aliphatic rings. The molecule has 1 nitrogen and oxygen atoms in total. The van der Waals surface area contributed by atoms with Gasteiger partial charge in [0.05, 0.1) is 5.52 Å². The second-order valence-electron chi connectivity index (χ2n) is 12.0. The quantitative estimate of drug-likeness (QED) is 0.265. The Labute approximate surface area is 212 Å². The van der Waals surface area contributed by atoms with Gasteiger partial charge in [0.2, 0.25) is 0 Å². The molecule has 0 radical (unpaired) electrons. The molecule has 1 aliphatic heterocycles. The number of rotatable bonds is 5. The summed E-state index contributed by atoms with van der Waals surface area (Å²) in [5.74, 6) is 0.559. The van der Waals surface area contributed by atoms with Crippen molar-refractivity contribution in [2.24, 2.45) is 16.7 Å². The molecule has 1 aromatic heterocycles. The number of aromatic nitrogens is 1. The first-order valence-electron chi connectivity index (χ1n) is 13.1. The third kappa shape index (κ3) is 4.29. The van der Waals surface area contributed by atoms with Crippen molar-refractivity contribution in [3.8, 4) is 5.69 Å². The van der Waals surface area contributed by atoms with Crippen LogP contribution in [-0.2, 0) is 0 Å². The zero-order valence-electron chi connectivity index (χ0n) is 22.0. The molecule has 0 N–H and O–H groups in total. The minimum absolute atomic E-state index is 0.368. The van der Waals surface area contributed by atoms with Crippen LogP contribution < -0.4 is 0 Å². The number of fused-ring (bicyclic) bond motifs is 1. The number of para-hydroxylation sites is 1. The predicted octanol–water partition coefficient (Wildman–Crippen LogP) is 9.28. The van der Waals surface area contributed by atoms with E-state index < -0.39 is 0 Å². The van der Waals surface area contributed by atoms with Crippen molar-refractivity contribution in [1.29, 1.82) is 0 Å². The molecule has 1 atom stereocenters. The van der Waals surface area contributed by atoms with Gasteiger partial charge >= 0.3 is 0 Å². The Kier molecular flexibility index (Phi) is 6.03. The topological polar surface area (TPSA) is 4.93 Å². The van der Waals surface area contributed by atoms with Crippen LogP contribution in [0.4, 0.5) is 0 Å². The van der Waals surface area contributed by atoms with Crippen molar-refractivity contribution in [3.63, 3.8) is 0 Å². The fourth-order valence-electron chi connectivity index (χ4n) is 6.26. The maximum Gasteiger partial charge on any atom is 0.176 e. The molecule has 0 bridgehead atoms. The van der Waals surface area contributed by atoms with Crippen molar-refractivity contribution < 1.29 is 0 Å². The molecule has 1 unspecified atom stereocenters. The highest BCUT2D eigenvalue weighted by atomic mass is 15.0. The largest absolute Gasteiger partial charge is 0.310 e. The molecule has 1 saturated heterocycles. The normalized spacial score (nSPS) is 21.4. The molecule has 35 heavy (non-hydrogen) atoms. The third-order valence-electron chi connectivity index (χ3n) is 8.81. The Morgan fingerprint density at radius 1 is 0.971 bits per heavy atom. The molecule has 0 amide bonds. The average Bonchev–Trinajstić information content (AvgIpc) is 3.30. The molecule has 2 aromatic carbocycles. The molecule has 178 valence electrons. The van der Waals surface area contributed by atoms with Gasteiger partial charge in [0.1, 0.15) is 0 Å². The van der Waals surface area contributed by atoms with E-state index in [0.29, 0.717) is 23.5 Å². The number of nitrogens with zero attached hydrogens (tertiary/aromatic N) is 1. The van der Waals surface area contributed by atoms with Gasteiger partial charge < -0.3 is 4.57 Å². The third-order valence-corrected chi connectivity index (χ3v) is 8.81. The molecule has 2 heterocycles. The lowest BCUT2D eigenvalue weighted by molar-refractivity contribution is 0.177. The molecule has 3 aromatic rings. The predicted molar refractivity (Wildman–Crippen MR) is 155 cm³/mol. The van der Waals surface area contributed by atoms with E-state index in [1.54, 1.807) is 5.47 Å². The summed E-state index contributed by atoms with van der Waals surface area (Å²) in [4.78, 5) is 0. The average molecular weight is 459 g/mol. The molecule has 1 aliphatic carbocycles. The van der Waals surface area contributed by atoms with Crippen molar-refractivity contribution in [2.45, 2.75) is 53.7 Å². The summed E-state index contributed by atoms with van der Waals surface area (Å²) < 4.78 is 2.37. The lowest BCUT2D eigenvalue weighted by Crippen LogP contribution is -2.24. The van der Waals surface area contributed by atoms with Gasteiger partial charge in [-0.25, -0.2) is 0 Å². The summed E-state index contributed by atoms with van der Waals surface area (Å²) in [6.07, 6.45) is 14.8. The van der Waals surface area contributed by atoms with Gasteiger partial charge in [0.25, 0.3) is 0 Å². The highest BCUT2D eigenvalue weighted by Gasteiger charge is 2.48. The molecule has 2 heteroatoms. The summed E-state index contributed by atoms with van der Waals surface area (Å²) in [6.45, 7) is 16.7. The smallest absolute Gasteiger partial charge is 0.176 e. The Balaban J connectivity index is 1.62. The zero-order valence-corrected chi connectivity index (χ0v) is 22.0. The molecule has 0 saturated carbocycles. The second kappa shape index (κ2) is 8.90. The number of allylic oxidation sites excluding steroid dienone is 6. The van der Waals surface area contributed by atoms with E-state index in [9.17, 15) is 0 Å². The molecule has 0 spiro atoms. The van der Waals surface area contributed by atoms with E-state index in [1.165, 1.54) is 46.1 Å². The first-order chi connectivity index (χ1) is 16.7. The van der Waals surface area contributed by atoms with E-state index in [2.05, 4.69) is 119 Å². The monoisotopic (exact) mass is 459 g/mol. The summed E-state index contributed by atoms with van der Waals surface area (Å²) >= 11 is 0. The first kappa shape index (κ1) is 23.7. The molecule has 5 rings (SSSR count). The first-order valence-corrected chi connectivity index (χ1v) is 13.1. The highest BCUT2D eigenvalue weighted by molar-refractivity contribution is 6.69. The van der Waals surface area contributed by atoms with Crippen LogP contribution in [0.25, 0.3) is 28.2 Å². The van der Waals surface area contributed by atoms with Crippen molar-refractivity contribution >= 4 is 29.3 Å². The minimum atomic E-state index is 0.368. The van der Waals surface area contributed by atoms with Crippen molar-refractivity contribution in [3.05, 3.63) is 102 Å². The molecular weight excluding hydrogens is 421 g/mol. The summed E-state index contributed by atoms with van der Waals surface area (Å²) in [5.41, 5.74) is 8.77. The van der Waals surface area contributed by atoms with Crippen LogP contribution >= 0.6 is 0 Å². The minimum Gasteiger partial charge on any atom is -0.310 e. The van der Waals surface area contributed by atoms with Crippen LogP contribution in [0.15, 0.2) is 91.0 Å². The van der Waals surface area contributed by atoms with Gasteiger partial charge in [0.15, 0.2) is 6.71 Å². The highest BCUT2D eigenvalue weighted by Crippen LogP contribution is 2.55. The van der Waals surface area contributed by atoms with Gasteiger partial charge in [-0.3, -0.25) is 0 Å². The van der Waals surface area contributed by atoms with Crippen molar-refractivity contribution in [1.82, 2.24) is 4.57 Å². The van der Waals surface area contributed by atoms with Gasteiger partial charge in [0, 0.05) is 16.8 Å². The van der Waals surface area contributed by atoms with E-state index >= 15 is 0 Å². The lowest BCUT2D eigenvalue weighted by Gasteiger charge is -2.35. The maximum atomic E-state index is 3.89. The Morgan fingerprint density at radius 2 is 1.69 bits per heavy atom. The molecular formula is C33H38BN. The van der Waals surface area contributed by atoms with Crippen LogP contribution in [0.2, 0.25) is 12.6 Å². The Bertz CT molecular complexity index is 1330. The van der Waals surface area contributed by atoms with Gasteiger partial charge in [-0.1, -0.05) is 114 Å². The SMILES string of the molecule is C=C/C=C\c1cc2c(C3=CC(B4CC(C)(C)C(C)(C)C4)=CC(C)C3)cccc2n1-c1ccccc1. The van der Waals surface area contributed by atoms with Crippen LogP contribution in [0, 0.1) is 16.7 Å². The fourth-order valence-corrected chi connectivity index (χ4v) is 6.26. The zero-order chi connectivity index (χ0) is 24.8. The van der Waals surface area contributed by atoms with E-state index in [-0.39, 0.29) is 0 Å². The second-order valence-corrected chi connectivity index (χ2v) is 12.0. The van der Waals surface area contributed by atoms with E-state index in [0.717, 1.165) is 6.42 Å². The number of benzene rings is 2. The van der Waals surface area contributed by atoms with Gasteiger partial charge in [-0.15, -0.1) is 0 Å². The number of hydrogen-bond acceptors (Lipinski definition) is 0. The van der Waals surface area contributed by atoms with Crippen LogP contribution in [0.3, 0.4) is 0 Å².